The Morgan fingerprint density at radius 1 is 1.14 bits per heavy atom. The third kappa shape index (κ3) is 4.94. The van der Waals surface area contributed by atoms with Gasteiger partial charge in [0.15, 0.2) is 11.5 Å². The zero-order valence-corrected chi connectivity index (χ0v) is 15.8. The maximum atomic E-state index is 12.5. The molecule has 1 aliphatic rings. The summed E-state index contributed by atoms with van der Waals surface area (Å²) in [6.45, 7) is 1.52. The minimum atomic E-state index is -0.968. The third-order valence-electron chi connectivity index (χ3n) is 4.67. The second-order valence-electron chi connectivity index (χ2n) is 6.64. The standard InChI is InChI=1S/C21H24N2O5/c1-27-18-6-2-3-7-19(18)28-17-5-4-12-23(14-17)21(26)22-13-15-8-10-16(11-9-15)20(24)25/h2-3,6-11,17H,4-5,12-14H2,1H3,(H,22,26)(H,24,25). The largest absolute Gasteiger partial charge is 0.493 e. The number of amides is 2. The number of ether oxygens (including phenoxy) is 2. The van der Waals surface area contributed by atoms with E-state index in [0.29, 0.717) is 31.1 Å². The van der Waals surface area contributed by atoms with Crippen LogP contribution < -0.4 is 14.8 Å². The van der Waals surface area contributed by atoms with E-state index in [4.69, 9.17) is 14.6 Å². The molecule has 2 N–H and O–H groups in total. The quantitative estimate of drug-likeness (QED) is 0.799. The molecule has 1 unspecified atom stereocenters. The molecule has 1 saturated heterocycles. The summed E-state index contributed by atoms with van der Waals surface area (Å²) in [4.78, 5) is 25.1. The van der Waals surface area contributed by atoms with E-state index in [1.807, 2.05) is 24.3 Å². The van der Waals surface area contributed by atoms with Gasteiger partial charge < -0.3 is 24.8 Å². The summed E-state index contributed by atoms with van der Waals surface area (Å²) < 4.78 is 11.4. The maximum absolute atomic E-state index is 12.5. The lowest BCUT2D eigenvalue weighted by molar-refractivity contribution is 0.0697. The van der Waals surface area contributed by atoms with Crippen molar-refractivity contribution in [2.75, 3.05) is 20.2 Å². The van der Waals surface area contributed by atoms with Crippen LogP contribution in [0.2, 0.25) is 0 Å². The van der Waals surface area contributed by atoms with Gasteiger partial charge in [0.2, 0.25) is 0 Å². The molecule has 2 aromatic carbocycles. The Balaban J connectivity index is 1.53. The van der Waals surface area contributed by atoms with Crippen molar-refractivity contribution in [1.82, 2.24) is 10.2 Å². The topological polar surface area (TPSA) is 88.1 Å². The molecule has 0 aliphatic carbocycles. The van der Waals surface area contributed by atoms with Gasteiger partial charge in [-0.3, -0.25) is 0 Å². The zero-order chi connectivity index (χ0) is 19.9. The molecule has 7 heteroatoms. The van der Waals surface area contributed by atoms with Crippen molar-refractivity contribution in [3.8, 4) is 11.5 Å². The first-order chi connectivity index (χ1) is 13.6. The van der Waals surface area contributed by atoms with E-state index in [-0.39, 0.29) is 17.7 Å². The maximum Gasteiger partial charge on any atom is 0.335 e. The second-order valence-corrected chi connectivity index (χ2v) is 6.64. The molecule has 2 amide bonds. The molecular formula is C21H24N2O5. The van der Waals surface area contributed by atoms with Crippen LogP contribution in [0.5, 0.6) is 11.5 Å². The van der Waals surface area contributed by atoms with Crippen molar-refractivity contribution in [3.05, 3.63) is 59.7 Å². The summed E-state index contributed by atoms with van der Waals surface area (Å²) in [7, 11) is 1.60. The van der Waals surface area contributed by atoms with Crippen LogP contribution in [0, 0.1) is 0 Å². The van der Waals surface area contributed by atoms with Crippen LogP contribution in [0.1, 0.15) is 28.8 Å². The van der Waals surface area contributed by atoms with Gasteiger partial charge in [-0.15, -0.1) is 0 Å². The lowest BCUT2D eigenvalue weighted by atomic mass is 10.1. The van der Waals surface area contributed by atoms with E-state index in [9.17, 15) is 9.59 Å². The average molecular weight is 384 g/mol. The van der Waals surface area contributed by atoms with Crippen molar-refractivity contribution in [3.63, 3.8) is 0 Å². The van der Waals surface area contributed by atoms with Crippen molar-refractivity contribution in [2.24, 2.45) is 0 Å². The summed E-state index contributed by atoms with van der Waals surface area (Å²) in [5, 5.41) is 11.8. The van der Waals surface area contributed by atoms with Gasteiger partial charge in [0.05, 0.1) is 19.2 Å². The molecule has 0 saturated carbocycles. The van der Waals surface area contributed by atoms with Gasteiger partial charge in [-0.25, -0.2) is 9.59 Å². The van der Waals surface area contributed by atoms with E-state index in [1.165, 1.54) is 12.1 Å². The summed E-state index contributed by atoms with van der Waals surface area (Å²) >= 11 is 0. The first-order valence-electron chi connectivity index (χ1n) is 9.21. The zero-order valence-electron chi connectivity index (χ0n) is 15.8. The van der Waals surface area contributed by atoms with Gasteiger partial charge in [-0.05, 0) is 42.7 Å². The highest BCUT2D eigenvalue weighted by atomic mass is 16.5. The molecule has 0 radical (unpaired) electrons. The Hall–Kier alpha value is -3.22. The fourth-order valence-corrected chi connectivity index (χ4v) is 3.17. The van der Waals surface area contributed by atoms with Gasteiger partial charge in [0.1, 0.15) is 6.10 Å². The highest BCUT2D eigenvalue weighted by Gasteiger charge is 2.25. The number of hydrogen-bond donors (Lipinski definition) is 2. The molecule has 1 heterocycles. The number of aromatic carboxylic acids is 1. The molecule has 2 aromatic rings. The van der Waals surface area contributed by atoms with Crippen LogP contribution in [0.15, 0.2) is 48.5 Å². The van der Waals surface area contributed by atoms with Crippen LogP contribution in [0.4, 0.5) is 4.79 Å². The Morgan fingerprint density at radius 3 is 2.54 bits per heavy atom. The normalized spacial score (nSPS) is 16.3. The lowest BCUT2D eigenvalue weighted by Gasteiger charge is -2.33. The summed E-state index contributed by atoms with van der Waals surface area (Å²) in [6.07, 6.45) is 1.64. The van der Waals surface area contributed by atoms with E-state index < -0.39 is 5.97 Å². The van der Waals surface area contributed by atoms with Gasteiger partial charge in [0, 0.05) is 13.1 Å². The average Bonchev–Trinajstić information content (AvgIpc) is 2.73. The number of likely N-dealkylation sites (tertiary alicyclic amines) is 1. The van der Waals surface area contributed by atoms with E-state index in [0.717, 1.165) is 18.4 Å². The van der Waals surface area contributed by atoms with Crippen LogP contribution in [-0.4, -0.2) is 48.3 Å². The molecule has 0 spiro atoms. The SMILES string of the molecule is COc1ccccc1OC1CCCN(C(=O)NCc2ccc(C(=O)O)cc2)C1. The van der Waals surface area contributed by atoms with Gasteiger partial charge in [-0.1, -0.05) is 24.3 Å². The molecule has 28 heavy (non-hydrogen) atoms. The molecule has 148 valence electrons. The number of carboxylic acids is 1. The number of nitrogens with one attached hydrogen (secondary N) is 1. The molecule has 3 rings (SSSR count). The minimum absolute atomic E-state index is 0.0920. The Labute approximate surface area is 163 Å². The van der Waals surface area contributed by atoms with Crippen molar-refractivity contribution in [1.29, 1.82) is 0 Å². The van der Waals surface area contributed by atoms with Crippen molar-refractivity contribution >= 4 is 12.0 Å². The molecule has 1 atom stereocenters. The number of para-hydroxylation sites is 2. The molecule has 0 bridgehead atoms. The Kier molecular flexibility index (Phi) is 6.37. The number of nitrogens with zero attached hydrogens (tertiary/aromatic N) is 1. The van der Waals surface area contributed by atoms with Crippen LogP contribution in [0.25, 0.3) is 0 Å². The highest BCUT2D eigenvalue weighted by molar-refractivity contribution is 5.87. The van der Waals surface area contributed by atoms with Gasteiger partial charge >= 0.3 is 12.0 Å². The predicted octanol–water partition coefficient (Wildman–Crippen LogP) is 3.15. The highest BCUT2D eigenvalue weighted by Crippen LogP contribution is 2.28. The molecule has 7 nitrogen and oxygen atoms in total. The summed E-state index contributed by atoms with van der Waals surface area (Å²) in [5.41, 5.74) is 1.07. The molecule has 0 aromatic heterocycles. The fourth-order valence-electron chi connectivity index (χ4n) is 3.17. The number of carbonyl (C=O) groups excluding carboxylic acids is 1. The Bertz CT molecular complexity index is 822. The second kappa shape index (κ2) is 9.12. The number of piperidine rings is 1. The number of urea groups is 1. The number of hydrogen-bond acceptors (Lipinski definition) is 4. The van der Waals surface area contributed by atoms with Crippen molar-refractivity contribution < 1.29 is 24.2 Å². The number of carbonyl (C=O) groups is 2. The minimum Gasteiger partial charge on any atom is -0.493 e. The number of methoxy groups -OCH3 is 1. The summed E-state index contributed by atoms with van der Waals surface area (Å²) in [6, 6.07) is 13.8. The van der Waals surface area contributed by atoms with Crippen LogP contribution in [-0.2, 0) is 6.54 Å². The molecule has 1 fully saturated rings. The van der Waals surface area contributed by atoms with E-state index in [2.05, 4.69) is 5.32 Å². The first kappa shape index (κ1) is 19.5. The van der Waals surface area contributed by atoms with Gasteiger partial charge in [-0.2, -0.15) is 0 Å². The van der Waals surface area contributed by atoms with Gasteiger partial charge in [0.25, 0.3) is 0 Å². The van der Waals surface area contributed by atoms with E-state index >= 15 is 0 Å². The smallest absolute Gasteiger partial charge is 0.335 e. The molecular weight excluding hydrogens is 360 g/mol. The van der Waals surface area contributed by atoms with E-state index in [1.54, 1.807) is 24.1 Å². The first-order valence-corrected chi connectivity index (χ1v) is 9.21. The molecule has 1 aliphatic heterocycles. The number of rotatable bonds is 6. The summed E-state index contributed by atoms with van der Waals surface area (Å²) in [5.74, 6) is 0.384. The lowest BCUT2D eigenvalue weighted by Crippen LogP contribution is -2.48. The fraction of sp³-hybridized carbons (Fsp3) is 0.333. The number of carboxylic acid groups (broad SMARTS) is 1. The predicted molar refractivity (Wildman–Crippen MR) is 104 cm³/mol. The third-order valence-corrected chi connectivity index (χ3v) is 4.67. The van der Waals surface area contributed by atoms with Crippen LogP contribution >= 0.6 is 0 Å². The number of benzene rings is 2. The monoisotopic (exact) mass is 384 g/mol. The van der Waals surface area contributed by atoms with Crippen LogP contribution in [0.3, 0.4) is 0 Å². The van der Waals surface area contributed by atoms with Crippen molar-refractivity contribution in [2.45, 2.75) is 25.5 Å². The Morgan fingerprint density at radius 2 is 1.86 bits per heavy atom.